The van der Waals surface area contributed by atoms with Crippen molar-refractivity contribution in [2.75, 3.05) is 18.0 Å². The Balaban J connectivity index is 1.70. The molecular formula is C16H24N6. The molecule has 0 saturated carbocycles. The third-order valence-corrected chi connectivity index (χ3v) is 4.24. The minimum atomic E-state index is -0.0209. The highest BCUT2D eigenvalue weighted by Crippen LogP contribution is 2.29. The zero-order valence-corrected chi connectivity index (χ0v) is 13.8. The minimum Gasteiger partial charge on any atom is -0.356 e. The monoisotopic (exact) mass is 300 g/mol. The standard InChI is InChI=1S/C16H24N6/c1-16(2,3)15-17-8-5-13(19-15)22-9-6-12(7-10-22)14-20-18-11-21(14)4/h5,8,11-12H,6-7,9-10H2,1-4H3. The van der Waals surface area contributed by atoms with Gasteiger partial charge in [0.2, 0.25) is 0 Å². The van der Waals surface area contributed by atoms with Gasteiger partial charge in [0.1, 0.15) is 23.8 Å². The second-order valence-electron chi connectivity index (χ2n) is 7.05. The molecule has 6 nitrogen and oxygen atoms in total. The van der Waals surface area contributed by atoms with Crippen LogP contribution in [0.1, 0.15) is 51.2 Å². The van der Waals surface area contributed by atoms with Crippen LogP contribution in [0.2, 0.25) is 0 Å². The molecule has 0 amide bonds. The summed E-state index contributed by atoms with van der Waals surface area (Å²) in [6, 6.07) is 2.01. The molecule has 3 heterocycles. The summed E-state index contributed by atoms with van der Waals surface area (Å²) >= 11 is 0. The van der Waals surface area contributed by atoms with Crippen LogP contribution in [0.4, 0.5) is 5.82 Å². The summed E-state index contributed by atoms with van der Waals surface area (Å²) < 4.78 is 2.03. The number of aromatic nitrogens is 5. The predicted octanol–water partition coefficient (Wildman–Crippen LogP) is 2.29. The first kappa shape index (κ1) is 14.9. The van der Waals surface area contributed by atoms with Gasteiger partial charge in [0.15, 0.2) is 0 Å². The van der Waals surface area contributed by atoms with Gasteiger partial charge in [-0.25, -0.2) is 9.97 Å². The van der Waals surface area contributed by atoms with Crippen LogP contribution in [0.15, 0.2) is 18.6 Å². The van der Waals surface area contributed by atoms with E-state index in [1.54, 1.807) is 6.33 Å². The van der Waals surface area contributed by atoms with Crippen molar-refractivity contribution >= 4 is 5.82 Å². The molecule has 0 N–H and O–H groups in total. The van der Waals surface area contributed by atoms with Gasteiger partial charge in [0.05, 0.1) is 0 Å². The van der Waals surface area contributed by atoms with Crippen molar-refractivity contribution in [2.45, 2.75) is 44.9 Å². The van der Waals surface area contributed by atoms with Crippen LogP contribution in [-0.4, -0.2) is 37.8 Å². The fourth-order valence-corrected chi connectivity index (χ4v) is 2.92. The predicted molar refractivity (Wildman–Crippen MR) is 85.9 cm³/mol. The molecule has 0 radical (unpaired) electrons. The number of hydrogen-bond acceptors (Lipinski definition) is 5. The zero-order valence-electron chi connectivity index (χ0n) is 13.8. The third-order valence-electron chi connectivity index (χ3n) is 4.24. The Labute approximate surface area is 131 Å². The molecule has 22 heavy (non-hydrogen) atoms. The van der Waals surface area contributed by atoms with Gasteiger partial charge in [-0.15, -0.1) is 10.2 Å². The highest BCUT2D eigenvalue weighted by atomic mass is 15.3. The van der Waals surface area contributed by atoms with Crippen LogP contribution >= 0.6 is 0 Å². The molecule has 2 aromatic rings. The molecule has 0 aliphatic carbocycles. The van der Waals surface area contributed by atoms with Crippen LogP contribution in [0.5, 0.6) is 0 Å². The van der Waals surface area contributed by atoms with Crippen LogP contribution in [0.25, 0.3) is 0 Å². The first-order chi connectivity index (χ1) is 10.4. The molecule has 0 bridgehead atoms. The lowest BCUT2D eigenvalue weighted by Crippen LogP contribution is -2.34. The summed E-state index contributed by atoms with van der Waals surface area (Å²) in [5.74, 6) is 3.53. The van der Waals surface area contributed by atoms with Gasteiger partial charge in [-0.3, -0.25) is 0 Å². The van der Waals surface area contributed by atoms with E-state index in [1.807, 2.05) is 23.9 Å². The molecule has 0 aromatic carbocycles. The third kappa shape index (κ3) is 2.96. The van der Waals surface area contributed by atoms with E-state index in [4.69, 9.17) is 4.98 Å². The molecule has 1 aliphatic rings. The second-order valence-corrected chi connectivity index (χ2v) is 7.05. The van der Waals surface area contributed by atoms with E-state index >= 15 is 0 Å². The van der Waals surface area contributed by atoms with Gasteiger partial charge < -0.3 is 9.47 Å². The van der Waals surface area contributed by atoms with Crippen LogP contribution in [0, 0.1) is 0 Å². The van der Waals surface area contributed by atoms with Gasteiger partial charge in [-0.1, -0.05) is 20.8 Å². The van der Waals surface area contributed by atoms with E-state index in [1.165, 1.54) is 0 Å². The Morgan fingerprint density at radius 2 is 1.91 bits per heavy atom. The summed E-state index contributed by atoms with van der Waals surface area (Å²) in [6.45, 7) is 8.43. The molecule has 118 valence electrons. The molecule has 3 rings (SSSR count). The molecule has 0 atom stereocenters. The van der Waals surface area contributed by atoms with Crippen molar-refractivity contribution in [1.29, 1.82) is 0 Å². The van der Waals surface area contributed by atoms with Crippen molar-refractivity contribution in [3.05, 3.63) is 30.2 Å². The maximum absolute atomic E-state index is 4.75. The Hall–Kier alpha value is -1.98. The molecule has 1 aliphatic heterocycles. The van der Waals surface area contributed by atoms with Gasteiger partial charge in [-0.2, -0.15) is 0 Å². The maximum Gasteiger partial charge on any atom is 0.135 e. The molecule has 1 fully saturated rings. The number of nitrogens with zero attached hydrogens (tertiary/aromatic N) is 6. The van der Waals surface area contributed by atoms with Crippen molar-refractivity contribution in [2.24, 2.45) is 7.05 Å². The lowest BCUT2D eigenvalue weighted by Gasteiger charge is -2.32. The summed E-state index contributed by atoms with van der Waals surface area (Å²) in [7, 11) is 2.02. The first-order valence-corrected chi connectivity index (χ1v) is 7.87. The van der Waals surface area contributed by atoms with Gasteiger partial charge in [0, 0.05) is 37.7 Å². The van der Waals surface area contributed by atoms with Crippen molar-refractivity contribution in [1.82, 2.24) is 24.7 Å². The minimum absolute atomic E-state index is 0.0209. The van der Waals surface area contributed by atoms with Crippen molar-refractivity contribution in [3.63, 3.8) is 0 Å². The lowest BCUT2D eigenvalue weighted by molar-refractivity contribution is 0.469. The number of piperidine rings is 1. The Morgan fingerprint density at radius 3 is 2.50 bits per heavy atom. The van der Waals surface area contributed by atoms with Gasteiger partial charge in [-0.05, 0) is 18.9 Å². The van der Waals surface area contributed by atoms with Crippen molar-refractivity contribution in [3.8, 4) is 0 Å². The first-order valence-electron chi connectivity index (χ1n) is 7.87. The normalized spacial score (nSPS) is 17.0. The molecular weight excluding hydrogens is 276 g/mol. The van der Waals surface area contributed by atoms with Gasteiger partial charge >= 0.3 is 0 Å². The number of aryl methyl sites for hydroxylation is 1. The topological polar surface area (TPSA) is 59.7 Å². The molecule has 6 heteroatoms. The number of rotatable bonds is 2. The SMILES string of the molecule is Cn1cnnc1C1CCN(c2ccnc(C(C)(C)C)n2)CC1. The maximum atomic E-state index is 4.75. The average molecular weight is 300 g/mol. The average Bonchev–Trinajstić information content (AvgIpc) is 2.93. The largest absolute Gasteiger partial charge is 0.356 e. The second kappa shape index (κ2) is 5.66. The zero-order chi connectivity index (χ0) is 15.7. The Bertz CT molecular complexity index is 634. The molecule has 2 aromatic heterocycles. The van der Waals surface area contributed by atoms with Gasteiger partial charge in [0.25, 0.3) is 0 Å². The number of anilines is 1. The summed E-state index contributed by atoms with van der Waals surface area (Å²) in [4.78, 5) is 11.5. The quantitative estimate of drug-likeness (QED) is 0.851. The summed E-state index contributed by atoms with van der Waals surface area (Å²) in [5.41, 5.74) is -0.0209. The Morgan fingerprint density at radius 1 is 1.18 bits per heavy atom. The van der Waals surface area contributed by atoms with E-state index < -0.39 is 0 Å². The van der Waals surface area contributed by atoms with Crippen LogP contribution in [0.3, 0.4) is 0 Å². The molecule has 1 saturated heterocycles. The highest BCUT2D eigenvalue weighted by Gasteiger charge is 2.25. The van der Waals surface area contributed by atoms with E-state index in [0.29, 0.717) is 5.92 Å². The summed E-state index contributed by atoms with van der Waals surface area (Å²) in [6.07, 6.45) is 5.82. The fraction of sp³-hybridized carbons (Fsp3) is 0.625. The van der Waals surface area contributed by atoms with E-state index in [0.717, 1.165) is 43.4 Å². The molecule has 0 unspecified atom stereocenters. The fourth-order valence-electron chi connectivity index (χ4n) is 2.92. The lowest BCUT2D eigenvalue weighted by atomic mass is 9.95. The van der Waals surface area contributed by atoms with Crippen molar-refractivity contribution < 1.29 is 0 Å². The van der Waals surface area contributed by atoms with E-state index in [-0.39, 0.29) is 5.41 Å². The van der Waals surface area contributed by atoms with E-state index in [2.05, 4.69) is 40.9 Å². The van der Waals surface area contributed by atoms with E-state index in [9.17, 15) is 0 Å². The summed E-state index contributed by atoms with van der Waals surface area (Å²) in [5, 5.41) is 8.24. The number of hydrogen-bond donors (Lipinski definition) is 0. The molecule has 0 spiro atoms. The van der Waals surface area contributed by atoms with Crippen LogP contribution < -0.4 is 4.90 Å². The Kier molecular flexibility index (Phi) is 3.85. The van der Waals surface area contributed by atoms with Crippen LogP contribution in [-0.2, 0) is 12.5 Å². The smallest absolute Gasteiger partial charge is 0.135 e. The highest BCUT2D eigenvalue weighted by molar-refractivity contribution is 5.39.